The summed E-state index contributed by atoms with van der Waals surface area (Å²) in [6, 6.07) is 0. The molecule has 2 rings (SSSR count). The van der Waals surface area contributed by atoms with E-state index in [-0.39, 0.29) is 0 Å². The van der Waals surface area contributed by atoms with E-state index in [1.807, 2.05) is 0 Å². The van der Waals surface area contributed by atoms with Crippen LogP contribution in [0.5, 0.6) is 0 Å². The maximum atomic E-state index is 13.6. The van der Waals surface area contributed by atoms with E-state index in [1.54, 1.807) is 0 Å². The third kappa shape index (κ3) is 2.15. The van der Waals surface area contributed by atoms with Gasteiger partial charge in [-0.05, 0) is 0 Å². The molecule has 0 nitrogen and oxygen atoms in total. The summed E-state index contributed by atoms with van der Waals surface area (Å²) < 4.78 is 132. The lowest BCUT2D eigenvalue weighted by Gasteiger charge is -2.30. The summed E-state index contributed by atoms with van der Waals surface area (Å²) in [6.45, 7) is 0. The van der Waals surface area contributed by atoms with Crippen molar-refractivity contribution < 1.29 is 43.9 Å². The van der Waals surface area contributed by atoms with E-state index in [0.717, 1.165) is 0 Å². The smallest absolute Gasteiger partial charge is 0.200 e. The average Bonchev–Trinajstić information content (AvgIpc) is 2.50. The Kier molecular flexibility index (Phi) is 4.14. The predicted molar refractivity (Wildman–Crippen MR) is 52.9 cm³/mol. The van der Waals surface area contributed by atoms with Crippen LogP contribution in [0, 0.1) is 29.1 Å². The van der Waals surface area contributed by atoms with Gasteiger partial charge < -0.3 is 0 Å². The number of allylic oxidation sites excluding steroid dienone is 2. The highest BCUT2D eigenvalue weighted by molar-refractivity contribution is 5.37. The highest BCUT2D eigenvalue weighted by Gasteiger charge is 2.50. The van der Waals surface area contributed by atoms with Crippen molar-refractivity contribution >= 4 is 0 Å². The zero-order valence-corrected chi connectivity index (χ0v) is 10.1. The standard InChI is InChI=1S/C12H4F10/c13-3-1(4(14)8(18)11(21)7(3)17)2-5(15)9(19)12(22)10(20)6(2)16/h1,3,7,11H/t1?,3-,7-,11?/m0/s1. The number of rotatable bonds is 1. The Hall–Kier alpha value is -1.74. The molecular formula is C12H4F10. The number of hydrogen-bond acceptors (Lipinski definition) is 0. The summed E-state index contributed by atoms with van der Waals surface area (Å²) in [7, 11) is 0. The number of halogens is 10. The Balaban J connectivity index is 2.76. The first-order chi connectivity index (χ1) is 10.1. The van der Waals surface area contributed by atoms with Crippen LogP contribution in [0.2, 0.25) is 0 Å². The first-order valence-corrected chi connectivity index (χ1v) is 5.59. The molecule has 0 bridgehead atoms. The van der Waals surface area contributed by atoms with Crippen LogP contribution in [0.1, 0.15) is 11.5 Å². The molecule has 0 radical (unpaired) electrons. The van der Waals surface area contributed by atoms with Crippen LogP contribution >= 0.6 is 0 Å². The SMILES string of the molecule is FC1=C(F)C(c2c(F)c(F)c(F)c(F)c2F)[C@H](F)[C@H](F)C1F. The van der Waals surface area contributed by atoms with E-state index >= 15 is 0 Å². The van der Waals surface area contributed by atoms with Crippen molar-refractivity contribution in [3.05, 3.63) is 46.3 Å². The second-order valence-electron chi connectivity index (χ2n) is 4.45. The Morgan fingerprint density at radius 3 is 1.36 bits per heavy atom. The predicted octanol–water partition coefficient (Wildman–Crippen LogP) is 4.64. The molecule has 22 heavy (non-hydrogen) atoms. The molecule has 0 aliphatic heterocycles. The fourth-order valence-electron chi connectivity index (χ4n) is 2.09. The molecule has 0 fully saturated rings. The van der Waals surface area contributed by atoms with Gasteiger partial charge in [-0.1, -0.05) is 0 Å². The van der Waals surface area contributed by atoms with Crippen LogP contribution in [-0.4, -0.2) is 18.5 Å². The van der Waals surface area contributed by atoms with Crippen molar-refractivity contribution in [1.29, 1.82) is 0 Å². The Morgan fingerprint density at radius 2 is 0.909 bits per heavy atom. The minimum absolute atomic E-state index is 2.11. The normalized spacial score (nSPS) is 29.2. The van der Waals surface area contributed by atoms with Gasteiger partial charge in [-0.25, -0.2) is 43.9 Å². The Bertz CT molecular complexity index is 623. The quantitative estimate of drug-likeness (QED) is 0.397. The third-order valence-electron chi connectivity index (χ3n) is 3.20. The largest absolute Gasteiger partial charge is 0.243 e. The molecule has 0 saturated carbocycles. The third-order valence-corrected chi connectivity index (χ3v) is 3.20. The average molecular weight is 338 g/mol. The molecule has 122 valence electrons. The van der Waals surface area contributed by atoms with Crippen LogP contribution in [0.4, 0.5) is 43.9 Å². The zero-order valence-electron chi connectivity index (χ0n) is 10.1. The Morgan fingerprint density at radius 1 is 0.500 bits per heavy atom. The van der Waals surface area contributed by atoms with Gasteiger partial charge in [0.25, 0.3) is 0 Å². The molecule has 0 spiro atoms. The van der Waals surface area contributed by atoms with Gasteiger partial charge in [0.1, 0.15) is 12.0 Å². The number of hydrogen-bond donors (Lipinski definition) is 0. The topological polar surface area (TPSA) is 0 Å². The van der Waals surface area contributed by atoms with Crippen LogP contribution in [0.15, 0.2) is 11.7 Å². The molecule has 10 heteroatoms. The monoisotopic (exact) mass is 338 g/mol. The second-order valence-corrected chi connectivity index (χ2v) is 4.45. The Labute approximate surface area is 116 Å². The highest BCUT2D eigenvalue weighted by Crippen LogP contribution is 2.45. The fraction of sp³-hybridized carbons (Fsp3) is 0.333. The summed E-state index contributed by atoms with van der Waals surface area (Å²) in [6.07, 6.45) is -10.1. The molecule has 1 aromatic carbocycles. The molecule has 1 aromatic rings. The van der Waals surface area contributed by atoms with Crippen molar-refractivity contribution in [2.24, 2.45) is 0 Å². The van der Waals surface area contributed by atoms with Crippen LogP contribution in [-0.2, 0) is 0 Å². The second kappa shape index (κ2) is 5.47. The maximum Gasteiger partial charge on any atom is 0.200 e. The lowest BCUT2D eigenvalue weighted by Crippen LogP contribution is -2.39. The van der Waals surface area contributed by atoms with Crippen molar-refractivity contribution in [3.63, 3.8) is 0 Å². The van der Waals surface area contributed by atoms with Gasteiger partial charge in [0, 0.05) is 5.56 Å². The first kappa shape index (κ1) is 16.6. The summed E-state index contributed by atoms with van der Waals surface area (Å²) in [4.78, 5) is 0. The lowest BCUT2D eigenvalue weighted by molar-refractivity contribution is 0.0517. The summed E-state index contributed by atoms with van der Waals surface area (Å²) in [5.74, 6) is -21.1. The highest BCUT2D eigenvalue weighted by atomic mass is 19.2. The number of benzene rings is 1. The van der Waals surface area contributed by atoms with Gasteiger partial charge in [0.15, 0.2) is 41.4 Å². The van der Waals surface area contributed by atoms with E-state index in [0.29, 0.717) is 0 Å². The van der Waals surface area contributed by atoms with Crippen LogP contribution in [0.25, 0.3) is 0 Å². The molecule has 4 atom stereocenters. The van der Waals surface area contributed by atoms with Gasteiger partial charge in [0.2, 0.25) is 5.82 Å². The van der Waals surface area contributed by atoms with Crippen LogP contribution in [0.3, 0.4) is 0 Å². The molecule has 0 N–H and O–H groups in total. The van der Waals surface area contributed by atoms with E-state index < -0.39 is 70.7 Å². The van der Waals surface area contributed by atoms with Crippen molar-refractivity contribution in [3.8, 4) is 0 Å². The molecule has 1 aliphatic carbocycles. The summed E-state index contributed by atoms with van der Waals surface area (Å²) in [5.41, 5.74) is -2.11. The van der Waals surface area contributed by atoms with Crippen LogP contribution < -0.4 is 0 Å². The minimum atomic E-state index is -3.39. The van der Waals surface area contributed by atoms with E-state index in [2.05, 4.69) is 0 Å². The van der Waals surface area contributed by atoms with Crippen molar-refractivity contribution in [2.75, 3.05) is 0 Å². The lowest BCUT2D eigenvalue weighted by atomic mass is 9.83. The molecular weight excluding hydrogens is 334 g/mol. The molecule has 0 amide bonds. The van der Waals surface area contributed by atoms with E-state index in [4.69, 9.17) is 0 Å². The van der Waals surface area contributed by atoms with E-state index in [1.165, 1.54) is 0 Å². The number of alkyl halides is 3. The van der Waals surface area contributed by atoms with Gasteiger partial charge in [-0.3, -0.25) is 0 Å². The molecule has 0 heterocycles. The first-order valence-electron chi connectivity index (χ1n) is 5.59. The minimum Gasteiger partial charge on any atom is -0.243 e. The maximum absolute atomic E-state index is 13.6. The zero-order chi connectivity index (χ0) is 16.9. The summed E-state index contributed by atoms with van der Waals surface area (Å²) >= 11 is 0. The van der Waals surface area contributed by atoms with Gasteiger partial charge in [-0.15, -0.1) is 0 Å². The van der Waals surface area contributed by atoms with Crippen molar-refractivity contribution in [1.82, 2.24) is 0 Å². The molecule has 0 aromatic heterocycles. The van der Waals surface area contributed by atoms with Crippen molar-refractivity contribution in [2.45, 2.75) is 24.4 Å². The van der Waals surface area contributed by atoms with E-state index in [9.17, 15) is 43.9 Å². The molecule has 0 saturated heterocycles. The fourth-order valence-corrected chi connectivity index (χ4v) is 2.09. The van der Waals surface area contributed by atoms with Gasteiger partial charge in [-0.2, -0.15) is 0 Å². The molecule has 2 unspecified atom stereocenters. The van der Waals surface area contributed by atoms with Gasteiger partial charge in [0.05, 0.1) is 5.92 Å². The molecule has 1 aliphatic rings. The summed E-state index contributed by atoms with van der Waals surface area (Å²) in [5, 5.41) is 0. The van der Waals surface area contributed by atoms with Gasteiger partial charge >= 0.3 is 0 Å².